The molecule has 34 heavy (non-hydrogen) atoms. The van der Waals surface area contributed by atoms with E-state index in [1.807, 2.05) is 0 Å². The second kappa shape index (κ2) is 9.99. The van der Waals surface area contributed by atoms with Crippen molar-refractivity contribution in [3.63, 3.8) is 0 Å². The molecular formula is C25H17Cl2NO6. The SMILES string of the molecule is COc1cccc(C2=N/C(=C\c3ccc(OC(=O)c4ccc(Cl)cc4Cl)c(OC)c3)C(=O)O2)c1. The van der Waals surface area contributed by atoms with Crippen molar-refractivity contribution < 1.29 is 28.5 Å². The molecule has 0 bridgehead atoms. The van der Waals surface area contributed by atoms with Crippen LogP contribution >= 0.6 is 23.2 Å². The van der Waals surface area contributed by atoms with Crippen LogP contribution in [0.3, 0.4) is 0 Å². The molecule has 0 aromatic heterocycles. The van der Waals surface area contributed by atoms with Gasteiger partial charge in [-0.05, 0) is 60.2 Å². The topological polar surface area (TPSA) is 83.4 Å². The average molecular weight is 498 g/mol. The lowest BCUT2D eigenvalue weighted by molar-refractivity contribution is -0.129. The molecule has 3 aromatic rings. The Labute approximate surface area is 205 Å². The molecule has 3 aromatic carbocycles. The second-order valence-corrected chi connectivity index (χ2v) is 7.84. The molecule has 0 saturated heterocycles. The molecule has 4 rings (SSSR count). The summed E-state index contributed by atoms with van der Waals surface area (Å²) in [5.74, 6) is -0.0232. The molecule has 0 spiro atoms. The summed E-state index contributed by atoms with van der Waals surface area (Å²) in [6.45, 7) is 0. The number of carbonyl (C=O) groups is 2. The van der Waals surface area contributed by atoms with Gasteiger partial charge in [0, 0.05) is 10.6 Å². The summed E-state index contributed by atoms with van der Waals surface area (Å²) in [5.41, 5.74) is 1.46. The highest BCUT2D eigenvalue weighted by molar-refractivity contribution is 6.36. The summed E-state index contributed by atoms with van der Waals surface area (Å²) in [6.07, 6.45) is 1.54. The molecule has 7 nitrogen and oxygen atoms in total. The largest absolute Gasteiger partial charge is 0.497 e. The second-order valence-electron chi connectivity index (χ2n) is 6.99. The van der Waals surface area contributed by atoms with Gasteiger partial charge in [-0.3, -0.25) is 0 Å². The average Bonchev–Trinajstić information content (AvgIpc) is 3.20. The lowest BCUT2D eigenvalue weighted by atomic mass is 10.1. The summed E-state index contributed by atoms with van der Waals surface area (Å²) in [6, 6.07) is 16.3. The summed E-state index contributed by atoms with van der Waals surface area (Å²) in [5, 5.41) is 0.571. The monoisotopic (exact) mass is 497 g/mol. The van der Waals surface area contributed by atoms with Gasteiger partial charge in [0.25, 0.3) is 0 Å². The van der Waals surface area contributed by atoms with E-state index in [9.17, 15) is 9.59 Å². The van der Waals surface area contributed by atoms with Crippen molar-refractivity contribution in [2.24, 2.45) is 4.99 Å². The maximum absolute atomic E-state index is 12.5. The number of hydrogen-bond donors (Lipinski definition) is 0. The Balaban J connectivity index is 1.58. The van der Waals surface area contributed by atoms with Crippen LogP contribution in [0.25, 0.3) is 6.08 Å². The van der Waals surface area contributed by atoms with Crippen LogP contribution in [0, 0.1) is 0 Å². The molecule has 0 N–H and O–H groups in total. The number of carbonyl (C=O) groups excluding carboxylic acids is 2. The van der Waals surface area contributed by atoms with Crippen molar-refractivity contribution in [2.75, 3.05) is 14.2 Å². The molecule has 0 fully saturated rings. The van der Waals surface area contributed by atoms with Gasteiger partial charge in [-0.15, -0.1) is 0 Å². The molecule has 0 aliphatic carbocycles. The van der Waals surface area contributed by atoms with Crippen LogP contribution in [0.1, 0.15) is 21.5 Å². The Morgan fingerprint density at radius 1 is 0.971 bits per heavy atom. The van der Waals surface area contributed by atoms with Crippen LogP contribution in [0.15, 0.2) is 71.4 Å². The van der Waals surface area contributed by atoms with Crippen LogP contribution in [0.4, 0.5) is 0 Å². The molecule has 172 valence electrons. The highest BCUT2D eigenvalue weighted by Gasteiger charge is 2.25. The van der Waals surface area contributed by atoms with Crippen molar-refractivity contribution in [1.29, 1.82) is 0 Å². The van der Waals surface area contributed by atoms with Gasteiger partial charge in [0.15, 0.2) is 17.2 Å². The summed E-state index contributed by atoms with van der Waals surface area (Å²) >= 11 is 12.0. The highest BCUT2D eigenvalue weighted by atomic mass is 35.5. The van der Waals surface area contributed by atoms with E-state index < -0.39 is 11.9 Å². The van der Waals surface area contributed by atoms with E-state index >= 15 is 0 Å². The first-order chi connectivity index (χ1) is 16.4. The van der Waals surface area contributed by atoms with Gasteiger partial charge < -0.3 is 18.9 Å². The highest BCUT2D eigenvalue weighted by Crippen LogP contribution is 2.31. The molecule has 0 radical (unpaired) electrons. The quantitative estimate of drug-likeness (QED) is 0.251. The van der Waals surface area contributed by atoms with E-state index in [1.54, 1.807) is 55.7 Å². The third kappa shape index (κ3) is 5.06. The third-order valence-corrected chi connectivity index (χ3v) is 5.33. The smallest absolute Gasteiger partial charge is 0.363 e. The lowest BCUT2D eigenvalue weighted by Crippen LogP contribution is -2.10. The number of rotatable bonds is 6. The molecule has 1 aliphatic heterocycles. The Kier molecular flexibility index (Phi) is 6.86. The molecule has 0 atom stereocenters. The van der Waals surface area contributed by atoms with Gasteiger partial charge in [-0.1, -0.05) is 35.3 Å². The number of benzene rings is 3. The summed E-state index contributed by atoms with van der Waals surface area (Å²) in [7, 11) is 2.98. The summed E-state index contributed by atoms with van der Waals surface area (Å²) in [4.78, 5) is 29.2. The standard InChI is InChI=1S/C25H17Cl2NO6/c1-31-17-5-3-4-15(12-17)23-28-20(25(30)34-23)10-14-6-9-21(22(11-14)32-2)33-24(29)18-8-7-16(26)13-19(18)27/h3-13H,1-2H3/b20-10-. The lowest BCUT2D eigenvalue weighted by Gasteiger charge is -2.11. The van der Waals surface area contributed by atoms with Crippen LogP contribution in [0.2, 0.25) is 10.0 Å². The van der Waals surface area contributed by atoms with Crippen LogP contribution in [-0.4, -0.2) is 32.1 Å². The minimum atomic E-state index is -0.669. The third-order valence-electron chi connectivity index (χ3n) is 4.78. The van der Waals surface area contributed by atoms with Gasteiger partial charge in [0.2, 0.25) is 5.90 Å². The molecule has 0 amide bonds. The van der Waals surface area contributed by atoms with E-state index in [0.717, 1.165) is 0 Å². The van der Waals surface area contributed by atoms with Crippen LogP contribution < -0.4 is 14.2 Å². The molecular weight excluding hydrogens is 481 g/mol. The number of nitrogens with zero attached hydrogens (tertiary/aromatic N) is 1. The predicted octanol–water partition coefficient (Wildman–Crippen LogP) is 5.57. The number of cyclic esters (lactones) is 1. The maximum atomic E-state index is 12.5. The first-order valence-corrected chi connectivity index (χ1v) is 10.7. The predicted molar refractivity (Wildman–Crippen MR) is 128 cm³/mol. The van der Waals surface area contributed by atoms with Gasteiger partial charge >= 0.3 is 11.9 Å². The van der Waals surface area contributed by atoms with Gasteiger partial charge in [-0.25, -0.2) is 14.6 Å². The first kappa shape index (κ1) is 23.4. The Morgan fingerprint density at radius 2 is 1.79 bits per heavy atom. The number of hydrogen-bond acceptors (Lipinski definition) is 7. The van der Waals surface area contributed by atoms with Crippen molar-refractivity contribution in [3.8, 4) is 17.2 Å². The minimum Gasteiger partial charge on any atom is -0.497 e. The van der Waals surface area contributed by atoms with Gasteiger partial charge in [-0.2, -0.15) is 0 Å². The van der Waals surface area contributed by atoms with E-state index in [-0.39, 0.29) is 33.7 Å². The number of halogens is 2. The van der Waals surface area contributed by atoms with Gasteiger partial charge in [0.1, 0.15) is 5.75 Å². The number of methoxy groups -OCH3 is 2. The fourth-order valence-electron chi connectivity index (χ4n) is 3.11. The van der Waals surface area contributed by atoms with Crippen molar-refractivity contribution in [3.05, 3.63) is 93.1 Å². The molecule has 9 heteroatoms. The van der Waals surface area contributed by atoms with Gasteiger partial charge in [0.05, 0.1) is 24.8 Å². The van der Waals surface area contributed by atoms with E-state index in [2.05, 4.69) is 4.99 Å². The summed E-state index contributed by atoms with van der Waals surface area (Å²) < 4.78 is 21.3. The van der Waals surface area contributed by atoms with Crippen LogP contribution in [0.5, 0.6) is 17.2 Å². The van der Waals surface area contributed by atoms with E-state index in [0.29, 0.717) is 21.9 Å². The molecule has 0 saturated carbocycles. The Morgan fingerprint density at radius 3 is 2.53 bits per heavy atom. The fraction of sp³-hybridized carbons (Fsp3) is 0.0800. The Bertz CT molecular complexity index is 1350. The molecule has 1 aliphatic rings. The first-order valence-electron chi connectivity index (χ1n) is 9.90. The zero-order valence-electron chi connectivity index (χ0n) is 18.0. The fourth-order valence-corrected chi connectivity index (χ4v) is 3.60. The van der Waals surface area contributed by atoms with Crippen molar-refractivity contribution in [2.45, 2.75) is 0 Å². The number of ether oxygens (including phenoxy) is 4. The number of esters is 2. The normalized spacial score (nSPS) is 13.9. The van der Waals surface area contributed by atoms with E-state index in [1.165, 1.54) is 25.3 Å². The van der Waals surface area contributed by atoms with E-state index in [4.69, 9.17) is 42.1 Å². The zero-order valence-corrected chi connectivity index (χ0v) is 19.5. The molecule has 1 heterocycles. The number of aliphatic imine (C=N–C) groups is 1. The zero-order chi connectivity index (χ0) is 24.2. The van der Waals surface area contributed by atoms with Crippen molar-refractivity contribution >= 4 is 47.1 Å². The van der Waals surface area contributed by atoms with Crippen molar-refractivity contribution in [1.82, 2.24) is 0 Å². The Hall–Kier alpha value is -3.81. The maximum Gasteiger partial charge on any atom is 0.363 e. The molecule has 0 unspecified atom stereocenters. The van der Waals surface area contributed by atoms with Crippen LogP contribution in [-0.2, 0) is 9.53 Å². The minimum absolute atomic E-state index is 0.109.